The minimum Gasteiger partial charge on any atom is -0.478 e. The Morgan fingerprint density at radius 1 is 1.50 bits per heavy atom. The molecule has 0 aromatic carbocycles. The standard InChI is InChI=1S/C12H18N4O2/c1-3-18-11-6-8(2)14-12(16-11)13-7-10(17)15-9-4-5-9/h6,9H,3-5,7H2,1-2H3,(H,15,17)(H,13,14,16). The third-order valence-corrected chi connectivity index (χ3v) is 2.47. The lowest BCUT2D eigenvalue weighted by Crippen LogP contribution is -2.31. The SMILES string of the molecule is CCOc1cc(C)nc(NCC(=O)NC2CC2)n1. The zero-order valence-electron chi connectivity index (χ0n) is 10.7. The van der Waals surface area contributed by atoms with Crippen LogP contribution in [0.15, 0.2) is 6.07 Å². The van der Waals surface area contributed by atoms with E-state index in [2.05, 4.69) is 20.6 Å². The highest BCUT2D eigenvalue weighted by molar-refractivity contribution is 5.80. The van der Waals surface area contributed by atoms with Crippen molar-refractivity contribution < 1.29 is 9.53 Å². The zero-order valence-corrected chi connectivity index (χ0v) is 10.7. The lowest BCUT2D eigenvalue weighted by atomic mass is 10.4. The van der Waals surface area contributed by atoms with Crippen LogP contribution >= 0.6 is 0 Å². The van der Waals surface area contributed by atoms with Crippen molar-refractivity contribution in [1.29, 1.82) is 0 Å². The molecule has 6 heteroatoms. The normalized spacial score (nSPS) is 14.1. The molecule has 0 saturated heterocycles. The van der Waals surface area contributed by atoms with Gasteiger partial charge in [0.25, 0.3) is 0 Å². The molecule has 6 nitrogen and oxygen atoms in total. The van der Waals surface area contributed by atoms with Gasteiger partial charge in [-0.25, -0.2) is 4.98 Å². The number of nitrogens with one attached hydrogen (secondary N) is 2. The van der Waals surface area contributed by atoms with Crippen LogP contribution in [0.4, 0.5) is 5.95 Å². The van der Waals surface area contributed by atoms with Crippen molar-refractivity contribution in [3.63, 3.8) is 0 Å². The summed E-state index contributed by atoms with van der Waals surface area (Å²) in [5, 5.41) is 5.79. The number of rotatable bonds is 6. The molecule has 0 bridgehead atoms. The molecule has 1 aliphatic rings. The van der Waals surface area contributed by atoms with Gasteiger partial charge < -0.3 is 15.4 Å². The predicted molar refractivity (Wildman–Crippen MR) is 67.6 cm³/mol. The molecule has 1 saturated carbocycles. The van der Waals surface area contributed by atoms with Crippen LogP contribution < -0.4 is 15.4 Å². The Morgan fingerprint density at radius 2 is 2.28 bits per heavy atom. The number of aryl methyl sites for hydroxylation is 1. The van der Waals surface area contributed by atoms with E-state index in [1.54, 1.807) is 6.07 Å². The number of anilines is 1. The van der Waals surface area contributed by atoms with E-state index in [4.69, 9.17) is 4.74 Å². The maximum Gasteiger partial charge on any atom is 0.239 e. The molecule has 0 atom stereocenters. The van der Waals surface area contributed by atoms with Crippen molar-refractivity contribution in [2.75, 3.05) is 18.5 Å². The quantitative estimate of drug-likeness (QED) is 0.783. The van der Waals surface area contributed by atoms with Crippen LogP contribution in [0, 0.1) is 6.92 Å². The zero-order chi connectivity index (χ0) is 13.0. The van der Waals surface area contributed by atoms with Gasteiger partial charge in [-0.1, -0.05) is 0 Å². The molecule has 0 radical (unpaired) electrons. The second-order valence-corrected chi connectivity index (χ2v) is 4.30. The Kier molecular flexibility index (Phi) is 3.96. The van der Waals surface area contributed by atoms with Gasteiger partial charge in [0.1, 0.15) is 0 Å². The molecule has 1 aromatic heterocycles. The van der Waals surface area contributed by atoms with Gasteiger partial charge in [0.05, 0.1) is 13.2 Å². The summed E-state index contributed by atoms with van der Waals surface area (Å²) in [6, 6.07) is 2.13. The molecule has 0 aliphatic heterocycles. The van der Waals surface area contributed by atoms with E-state index >= 15 is 0 Å². The predicted octanol–water partition coefficient (Wildman–Crippen LogP) is 0.874. The molecule has 0 spiro atoms. The van der Waals surface area contributed by atoms with Crippen molar-refractivity contribution in [2.45, 2.75) is 32.7 Å². The van der Waals surface area contributed by atoms with Gasteiger partial charge in [-0.2, -0.15) is 4.98 Å². The van der Waals surface area contributed by atoms with Crippen molar-refractivity contribution in [3.05, 3.63) is 11.8 Å². The van der Waals surface area contributed by atoms with Crippen LogP contribution in [-0.2, 0) is 4.79 Å². The van der Waals surface area contributed by atoms with Crippen LogP contribution in [0.2, 0.25) is 0 Å². The molecule has 2 rings (SSSR count). The van der Waals surface area contributed by atoms with Gasteiger partial charge >= 0.3 is 0 Å². The van der Waals surface area contributed by atoms with E-state index in [0.717, 1.165) is 18.5 Å². The maximum atomic E-state index is 11.5. The Balaban J connectivity index is 1.88. The smallest absolute Gasteiger partial charge is 0.239 e. The molecule has 1 aromatic rings. The summed E-state index contributed by atoms with van der Waals surface area (Å²) in [7, 11) is 0. The topological polar surface area (TPSA) is 76.1 Å². The first-order valence-corrected chi connectivity index (χ1v) is 6.19. The Morgan fingerprint density at radius 3 is 2.94 bits per heavy atom. The summed E-state index contributed by atoms with van der Waals surface area (Å²) in [5.74, 6) is 0.917. The van der Waals surface area contributed by atoms with Crippen LogP contribution in [0.3, 0.4) is 0 Å². The number of carbonyl (C=O) groups excluding carboxylic acids is 1. The van der Waals surface area contributed by atoms with E-state index in [1.807, 2.05) is 13.8 Å². The second kappa shape index (κ2) is 5.66. The summed E-state index contributed by atoms with van der Waals surface area (Å²) in [6.45, 7) is 4.50. The summed E-state index contributed by atoms with van der Waals surface area (Å²) >= 11 is 0. The monoisotopic (exact) mass is 250 g/mol. The molecular weight excluding hydrogens is 232 g/mol. The third-order valence-electron chi connectivity index (χ3n) is 2.47. The highest BCUT2D eigenvalue weighted by Gasteiger charge is 2.22. The summed E-state index contributed by atoms with van der Waals surface area (Å²) in [5.41, 5.74) is 0.804. The second-order valence-electron chi connectivity index (χ2n) is 4.30. The van der Waals surface area contributed by atoms with Gasteiger partial charge in [-0.05, 0) is 26.7 Å². The Labute approximate surface area is 106 Å². The Hall–Kier alpha value is -1.85. The van der Waals surface area contributed by atoms with Crippen molar-refractivity contribution in [2.24, 2.45) is 0 Å². The lowest BCUT2D eigenvalue weighted by Gasteiger charge is -2.08. The number of hydrogen-bond acceptors (Lipinski definition) is 5. The number of aromatic nitrogens is 2. The number of hydrogen-bond donors (Lipinski definition) is 2. The number of carbonyl (C=O) groups is 1. The van der Waals surface area contributed by atoms with Gasteiger partial charge in [0.2, 0.25) is 17.7 Å². The average Bonchev–Trinajstić information content (AvgIpc) is 3.10. The van der Waals surface area contributed by atoms with Gasteiger partial charge in [0, 0.05) is 17.8 Å². The number of nitrogens with zero attached hydrogens (tertiary/aromatic N) is 2. The molecule has 1 aliphatic carbocycles. The van der Waals surface area contributed by atoms with E-state index in [0.29, 0.717) is 24.5 Å². The summed E-state index contributed by atoms with van der Waals surface area (Å²) in [6.07, 6.45) is 2.17. The molecule has 2 N–H and O–H groups in total. The first kappa shape index (κ1) is 12.6. The first-order valence-electron chi connectivity index (χ1n) is 6.19. The molecule has 98 valence electrons. The van der Waals surface area contributed by atoms with E-state index in [9.17, 15) is 4.79 Å². The first-order chi connectivity index (χ1) is 8.67. The minimum atomic E-state index is -0.0273. The fourth-order valence-electron chi connectivity index (χ4n) is 1.51. The fraction of sp³-hybridized carbons (Fsp3) is 0.583. The number of amides is 1. The molecule has 1 heterocycles. The summed E-state index contributed by atoms with van der Waals surface area (Å²) < 4.78 is 5.32. The molecule has 1 amide bonds. The van der Waals surface area contributed by atoms with Crippen LogP contribution in [0.5, 0.6) is 5.88 Å². The highest BCUT2D eigenvalue weighted by Crippen LogP contribution is 2.18. The molecular formula is C12H18N4O2. The summed E-state index contributed by atoms with van der Waals surface area (Å²) in [4.78, 5) is 19.9. The molecule has 0 unspecified atom stereocenters. The fourth-order valence-corrected chi connectivity index (χ4v) is 1.51. The number of ether oxygens (including phenoxy) is 1. The van der Waals surface area contributed by atoms with Crippen molar-refractivity contribution in [3.8, 4) is 5.88 Å². The van der Waals surface area contributed by atoms with Crippen LogP contribution in [-0.4, -0.2) is 35.1 Å². The van der Waals surface area contributed by atoms with Crippen molar-refractivity contribution >= 4 is 11.9 Å². The van der Waals surface area contributed by atoms with Crippen molar-refractivity contribution in [1.82, 2.24) is 15.3 Å². The Bertz CT molecular complexity index is 432. The minimum absolute atomic E-state index is 0.0273. The largest absolute Gasteiger partial charge is 0.478 e. The van der Waals surface area contributed by atoms with E-state index < -0.39 is 0 Å². The van der Waals surface area contributed by atoms with E-state index in [1.165, 1.54) is 0 Å². The van der Waals surface area contributed by atoms with Gasteiger partial charge in [0.15, 0.2) is 0 Å². The average molecular weight is 250 g/mol. The van der Waals surface area contributed by atoms with Crippen LogP contribution in [0.25, 0.3) is 0 Å². The third kappa shape index (κ3) is 3.87. The lowest BCUT2D eigenvalue weighted by molar-refractivity contribution is -0.119. The van der Waals surface area contributed by atoms with Crippen LogP contribution in [0.1, 0.15) is 25.5 Å². The molecule has 18 heavy (non-hydrogen) atoms. The highest BCUT2D eigenvalue weighted by atomic mass is 16.5. The van der Waals surface area contributed by atoms with Gasteiger partial charge in [-0.3, -0.25) is 4.79 Å². The maximum absolute atomic E-state index is 11.5. The van der Waals surface area contributed by atoms with Gasteiger partial charge in [-0.15, -0.1) is 0 Å². The van der Waals surface area contributed by atoms with E-state index in [-0.39, 0.29) is 12.5 Å². The molecule has 1 fully saturated rings.